The molecule has 0 radical (unpaired) electrons. The van der Waals surface area contributed by atoms with Gasteiger partial charge in [0.15, 0.2) is 16.7 Å². The van der Waals surface area contributed by atoms with Crippen molar-refractivity contribution in [2.45, 2.75) is 56.4 Å². The maximum absolute atomic E-state index is 10.4. The summed E-state index contributed by atoms with van der Waals surface area (Å²) in [5.74, 6) is 2.42. The molecule has 176 valence electrons. The highest BCUT2D eigenvalue weighted by Gasteiger charge is 2.22. The highest BCUT2D eigenvalue weighted by Crippen LogP contribution is 2.31. The molecule has 33 heavy (non-hydrogen) atoms. The van der Waals surface area contributed by atoms with E-state index in [1.807, 2.05) is 19.2 Å². The molecular formula is C25H32N4O3S. The van der Waals surface area contributed by atoms with Crippen molar-refractivity contribution < 1.29 is 14.6 Å². The first-order chi connectivity index (χ1) is 16.0. The molecule has 3 aromatic rings. The van der Waals surface area contributed by atoms with Gasteiger partial charge in [0.25, 0.3) is 0 Å². The number of aromatic hydroxyl groups is 1. The summed E-state index contributed by atoms with van der Waals surface area (Å²) in [5, 5.41) is 20.4. The topological polar surface area (TPSA) is 72.6 Å². The Morgan fingerprint density at radius 2 is 1.97 bits per heavy atom. The van der Waals surface area contributed by atoms with Crippen LogP contribution < -0.4 is 4.74 Å². The van der Waals surface area contributed by atoms with Gasteiger partial charge in [-0.25, -0.2) is 0 Å². The van der Waals surface area contributed by atoms with Crippen LogP contribution in [0.15, 0.2) is 47.6 Å². The standard InChI is InChI=1S/C25H32N4O3S/c1-18-8-4-5-9-20(18)17-33-25-27-26-23(29(25)15-21-11-7-13-32-21)16-28(2)14-19-10-6-12-22(31-3)24(19)30/h4-6,8-10,12,21,30H,7,11,13-17H2,1-3H3. The van der Waals surface area contributed by atoms with Gasteiger partial charge in [0.05, 0.1) is 26.3 Å². The molecule has 4 rings (SSSR count). The van der Waals surface area contributed by atoms with E-state index in [1.54, 1.807) is 24.9 Å². The van der Waals surface area contributed by atoms with E-state index in [0.29, 0.717) is 18.8 Å². The van der Waals surface area contributed by atoms with Gasteiger partial charge >= 0.3 is 0 Å². The van der Waals surface area contributed by atoms with Gasteiger partial charge in [0, 0.05) is 24.5 Å². The summed E-state index contributed by atoms with van der Waals surface area (Å²) in [6.07, 6.45) is 2.36. The van der Waals surface area contributed by atoms with Crippen LogP contribution in [0.25, 0.3) is 0 Å². The Kier molecular flexibility index (Phi) is 7.90. The summed E-state index contributed by atoms with van der Waals surface area (Å²) in [4.78, 5) is 2.13. The number of benzene rings is 2. The van der Waals surface area contributed by atoms with Crippen LogP contribution in [0.5, 0.6) is 11.5 Å². The van der Waals surface area contributed by atoms with Crippen LogP contribution in [0.2, 0.25) is 0 Å². The molecule has 0 amide bonds. The van der Waals surface area contributed by atoms with Crippen molar-refractivity contribution in [3.63, 3.8) is 0 Å². The first kappa shape index (κ1) is 23.6. The lowest BCUT2D eigenvalue weighted by atomic mass is 10.1. The third kappa shape index (κ3) is 5.88. The molecule has 1 unspecified atom stereocenters. The minimum atomic E-state index is 0.183. The highest BCUT2D eigenvalue weighted by molar-refractivity contribution is 7.98. The van der Waals surface area contributed by atoms with E-state index < -0.39 is 0 Å². The molecular weight excluding hydrogens is 436 g/mol. The van der Waals surface area contributed by atoms with Gasteiger partial charge in [0.2, 0.25) is 0 Å². The lowest BCUT2D eigenvalue weighted by Crippen LogP contribution is -2.23. The second-order valence-corrected chi connectivity index (χ2v) is 9.44. The molecule has 0 spiro atoms. The van der Waals surface area contributed by atoms with Gasteiger partial charge in [-0.2, -0.15) is 0 Å². The van der Waals surface area contributed by atoms with E-state index in [2.05, 4.69) is 50.9 Å². The number of hydrogen-bond donors (Lipinski definition) is 1. The van der Waals surface area contributed by atoms with Crippen molar-refractivity contribution in [2.75, 3.05) is 20.8 Å². The Bertz CT molecular complexity index is 1070. The molecule has 7 nitrogen and oxygen atoms in total. The second-order valence-electron chi connectivity index (χ2n) is 8.50. The Labute approximate surface area is 199 Å². The van der Waals surface area contributed by atoms with Crippen LogP contribution in [-0.2, 0) is 30.1 Å². The summed E-state index contributed by atoms with van der Waals surface area (Å²) in [5.41, 5.74) is 3.41. The van der Waals surface area contributed by atoms with E-state index in [9.17, 15) is 5.11 Å². The quantitative estimate of drug-likeness (QED) is 0.442. The smallest absolute Gasteiger partial charge is 0.191 e. The van der Waals surface area contributed by atoms with Crippen molar-refractivity contribution in [2.24, 2.45) is 0 Å². The molecule has 2 heterocycles. The van der Waals surface area contributed by atoms with Gasteiger partial charge in [-0.15, -0.1) is 10.2 Å². The van der Waals surface area contributed by atoms with E-state index in [-0.39, 0.29) is 11.9 Å². The number of thioether (sulfide) groups is 1. The third-order valence-electron chi connectivity index (χ3n) is 5.98. The molecule has 1 saturated heterocycles. The van der Waals surface area contributed by atoms with Gasteiger partial charge in [-0.1, -0.05) is 48.2 Å². The Balaban J connectivity index is 1.50. The predicted octanol–water partition coefficient (Wildman–Crippen LogP) is 4.40. The van der Waals surface area contributed by atoms with Crippen molar-refractivity contribution in [1.29, 1.82) is 0 Å². The number of aryl methyl sites for hydroxylation is 1. The molecule has 1 fully saturated rings. The predicted molar refractivity (Wildman–Crippen MR) is 130 cm³/mol. The molecule has 2 aromatic carbocycles. The number of phenolic OH excluding ortho intramolecular Hbond substituents is 1. The van der Waals surface area contributed by atoms with Crippen LogP contribution in [0, 0.1) is 6.92 Å². The third-order valence-corrected chi connectivity index (χ3v) is 6.99. The SMILES string of the molecule is COc1cccc(CN(C)Cc2nnc(SCc3ccccc3C)n2CC2CCCO2)c1O. The molecule has 0 bridgehead atoms. The van der Waals surface area contributed by atoms with Gasteiger partial charge in [0.1, 0.15) is 5.82 Å². The number of para-hydroxylation sites is 1. The zero-order chi connectivity index (χ0) is 23.2. The van der Waals surface area contributed by atoms with Crippen molar-refractivity contribution in [3.05, 3.63) is 65.0 Å². The van der Waals surface area contributed by atoms with Crippen LogP contribution in [-0.4, -0.2) is 51.6 Å². The van der Waals surface area contributed by atoms with Crippen molar-refractivity contribution >= 4 is 11.8 Å². The minimum absolute atomic E-state index is 0.183. The van der Waals surface area contributed by atoms with Crippen LogP contribution in [0.3, 0.4) is 0 Å². The van der Waals surface area contributed by atoms with Crippen LogP contribution >= 0.6 is 11.8 Å². The number of aromatic nitrogens is 3. The minimum Gasteiger partial charge on any atom is -0.504 e. The first-order valence-corrected chi connectivity index (χ1v) is 12.3. The van der Waals surface area contributed by atoms with E-state index in [4.69, 9.17) is 9.47 Å². The normalized spacial score (nSPS) is 15.9. The van der Waals surface area contributed by atoms with E-state index in [0.717, 1.165) is 48.3 Å². The fraction of sp³-hybridized carbons (Fsp3) is 0.440. The van der Waals surface area contributed by atoms with Crippen molar-refractivity contribution in [3.8, 4) is 11.5 Å². The van der Waals surface area contributed by atoms with Gasteiger partial charge in [-0.3, -0.25) is 4.90 Å². The van der Waals surface area contributed by atoms with Crippen LogP contribution in [0.1, 0.15) is 35.4 Å². The number of ether oxygens (including phenoxy) is 2. The average Bonchev–Trinajstić information content (AvgIpc) is 3.45. The number of phenols is 1. The fourth-order valence-electron chi connectivity index (χ4n) is 4.08. The highest BCUT2D eigenvalue weighted by atomic mass is 32.2. The van der Waals surface area contributed by atoms with Gasteiger partial charge in [-0.05, 0) is 44.0 Å². The molecule has 8 heteroatoms. The number of nitrogens with zero attached hydrogens (tertiary/aromatic N) is 4. The summed E-state index contributed by atoms with van der Waals surface area (Å²) in [7, 11) is 3.58. The number of methoxy groups -OCH3 is 1. The van der Waals surface area contributed by atoms with Crippen molar-refractivity contribution in [1.82, 2.24) is 19.7 Å². The lowest BCUT2D eigenvalue weighted by molar-refractivity contribution is 0.0934. The van der Waals surface area contributed by atoms with E-state index >= 15 is 0 Å². The zero-order valence-corrected chi connectivity index (χ0v) is 20.3. The zero-order valence-electron chi connectivity index (χ0n) is 19.5. The Morgan fingerprint density at radius 1 is 1.15 bits per heavy atom. The molecule has 1 aromatic heterocycles. The summed E-state index contributed by atoms with van der Waals surface area (Å²) < 4.78 is 13.4. The number of rotatable bonds is 10. The lowest BCUT2D eigenvalue weighted by Gasteiger charge is -2.20. The summed E-state index contributed by atoms with van der Waals surface area (Å²) in [6, 6.07) is 14.0. The Morgan fingerprint density at radius 3 is 2.73 bits per heavy atom. The Hall–Kier alpha value is -2.55. The van der Waals surface area contributed by atoms with E-state index in [1.165, 1.54) is 11.1 Å². The monoisotopic (exact) mass is 468 g/mol. The maximum atomic E-state index is 10.4. The van der Waals surface area contributed by atoms with Crippen LogP contribution in [0.4, 0.5) is 0 Å². The maximum Gasteiger partial charge on any atom is 0.191 e. The molecule has 0 aliphatic carbocycles. The summed E-state index contributed by atoms with van der Waals surface area (Å²) >= 11 is 1.72. The molecule has 1 aliphatic rings. The average molecular weight is 469 g/mol. The largest absolute Gasteiger partial charge is 0.504 e. The number of hydrogen-bond acceptors (Lipinski definition) is 7. The first-order valence-electron chi connectivity index (χ1n) is 11.3. The molecule has 1 atom stereocenters. The molecule has 1 N–H and O–H groups in total. The van der Waals surface area contributed by atoms with Gasteiger partial charge < -0.3 is 19.1 Å². The second kappa shape index (κ2) is 11.0. The fourth-order valence-corrected chi connectivity index (χ4v) is 5.12. The molecule has 0 saturated carbocycles. The summed E-state index contributed by atoms with van der Waals surface area (Å²) in [6.45, 7) is 4.91. The molecule has 1 aliphatic heterocycles.